The van der Waals surface area contributed by atoms with Crippen molar-refractivity contribution in [3.63, 3.8) is 0 Å². The topological polar surface area (TPSA) is 67.6 Å². The first-order valence-electron chi connectivity index (χ1n) is 6.56. The molecular formula is C14H21N3O2. The summed E-state index contributed by atoms with van der Waals surface area (Å²) >= 11 is 0. The number of hydrogen-bond donors (Lipinski definition) is 2. The van der Waals surface area contributed by atoms with E-state index < -0.39 is 0 Å². The molecule has 1 saturated heterocycles. The van der Waals surface area contributed by atoms with Crippen molar-refractivity contribution >= 4 is 11.6 Å². The van der Waals surface area contributed by atoms with Crippen LogP contribution in [0.25, 0.3) is 0 Å². The molecule has 104 valence electrons. The Morgan fingerprint density at radius 2 is 2.32 bits per heavy atom. The van der Waals surface area contributed by atoms with Gasteiger partial charge in [-0.15, -0.1) is 0 Å². The number of nitrogens with one attached hydrogen (secondary N) is 1. The quantitative estimate of drug-likeness (QED) is 0.837. The molecule has 1 aliphatic heterocycles. The first-order valence-corrected chi connectivity index (χ1v) is 6.56. The molecule has 5 nitrogen and oxygen atoms in total. The van der Waals surface area contributed by atoms with Gasteiger partial charge in [0, 0.05) is 13.1 Å². The lowest BCUT2D eigenvalue weighted by atomic mass is 10.1. The van der Waals surface area contributed by atoms with Gasteiger partial charge in [-0.1, -0.05) is 6.07 Å². The van der Waals surface area contributed by atoms with Crippen LogP contribution in [0.15, 0.2) is 18.2 Å². The van der Waals surface area contributed by atoms with E-state index in [-0.39, 0.29) is 11.9 Å². The van der Waals surface area contributed by atoms with Crippen LogP contribution >= 0.6 is 0 Å². The van der Waals surface area contributed by atoms with E-state index in [9.17, 15) is 4.79 Å². The summed E-state index contributed by atoms with van der Waals surface area (Å²) < 4.78 is 5.41. The van der Waals surface area contributed by atoms with Gasteiger partial charge in [-0.05, 0) is 37.6 Å². The smallest absolute Gasteiger partial charge is 0.242 e. The standard InChI is InChI=1S/C14H21N3O2/c1-10-3-4-13(19-2)12(9-10)17-8-7-16-14(18)11(17)5-6-15/h3-4,9,11H,5-8,15H2,1-2H3,(H,16,18). The van der Waals surface area contributed by atoms with Gasteiger partial charge < -0.3 is 20.7 Å². The Morgan fingerprint density at radius 3 is 3.00 bits per heavy atom. The van der Waals surface area contributed by atoms with Gasteiger partial charge in [0.15, 0.2) is 0 Å². The third-order valence-electron chi connectivity index (χ3n) is 3.41. The monoisotopic (exact) mass is 263 g/mol. The van der Waals surface area contributed by atoms with Crippen LogP contribution in [-0.2, 0) is 4.79 Å². The number of piperazine rings is 1. The summed E-state index contributed by atoms with van der Waals surface area (Å²) in [5.41, 5.74) is 7.74. The van der Waals surface area contributed by atoms with E-state index in [0.717, 1.165) is 23.5 Å². The molecule has 1 aromatic rings. The number of nitrogens with two attached hydrogens (primary N) is 1. The van der Waals surface area contributed by atoms with Gasteiger partial charge in [0.2, 0.25) is 5.91 Å². The number of nitrogens with zero attached hydrogens (tertiary/aromatic N) is 1. The van der Waals surface area contributed by atoms with Gasteiger partial charge in [-0.2, -0.15) is 0 Å². The molecule has 1 aromatic carbocycles. The van der Waals surface area contributed by atoms with Crippen molar-refractivity contribution in [3.05, 3.63) is 23.8 Å². The molecule has 5 heteroatoms. The Bertz CT molecular complexity index is 462. The summed E-state index contributed by atoms with van der Waals surface area (Å²) in [4.78, 5) is 14.1. The highest BCUT2D eigenvalue weighted by Crippen LogP contribution is 2.31. The first kappa shape index (κ1) is 13.7. The largest absolute Gasteiger partial charge is 0.495 e. The maximum absolute atomic E-state index is 12.0. The van der Waals surface area contributed by atoms with E-state index in [1.54, 1.807) is 7.11 Å². The van der Waals surface area contributed by atoms with Crippen LogP contribution in [0.5, 0.6) is 5.75 Å². The molecule has 19 heavy (non-hydrogen) atoms. The van der Waals surface area contributed by atoms with Gasteiger partial charge in [0.1, 0.15) is 11.8 Å². The number of anilines is 1. The fourth-order valence-corrected chi connectivity index (χ4v) is 2.47. The Kier molecular flexibility index (Phi) is 4.27. The third-order valence-corrected chi connectivity index (χ3v) is 3.41. The van der Waals surface area contributed by atoms with E-state index in [1.807, 2.05) is 19.1 Å². The molecule has 0 aliphatic carbocycles. The van der Waals surface area contributed by atoms with Gasteiger partial charge in [0.05, 0.1) is 12.8 Å². The van der Waals surface area contributed by atoms with Crippen molar-refractivity contribution in [3.8, 4) is 5.75 Å². The fourth-order valence-electron chi connectivity index (χ4n) is 2.47. The highest BCUT2D eigenvalue weighted by molar-refractivity contribution is 5.87. The number of hydrogen-bond acceptors (Lipinski definition) is 4. The minimum absolute atomic E-state index is 0.0419. The molecule has 1 amide bonds. The zero-order valence-corrected chi connectivity index (χ0v) is 11.5. The predicted molar refractivity (Wildman–Crippen MR) is 75.5 cm³/mol. The maximum atomic E-state index is 12.0. The van der Waals surface area contributed by atoms with E-state index in [2.05, 4.69) is 16.3 Å². The molecule has 1 unspecified atom stereocenters. The molecule has 1 aliphatic rings. The first-order chi connectivity index (χ1) is 9.17. The average Bonchev–Trinajstić information content (AvgIpc) is 2.41. The number of ether oxygens (including phenoxy) is 1. The van der Waals surface area contributed by atoms with Gasteiger partial charge in [0.25, 0.3) is 0 Å². The van der Waals surface area contributed by atoms with Gasteiger partial charge in [-0.25, -0.2) is 0 Å². The molecule has 2 rings (SSSR count). The molecule has 0 radical (unpaired) electrons. The Morgan fingerprint density at radius 1 is 1.53 bits per heavy atom. The molecule has 3 N–H and O–H groups in total. The number of aryl methyl sites for hydroxylation is 1. The van der Waals surface area contributed by atoms with Crippen LogP contribution in [0, 0.1) is 6.92 Å². The van der Waals surface area contributed by atoms with Crippen molar-refractivity contribution in [2.24, 2.45) is 5.73 Å². The molecule has 1 heterocycles. The predicted octanol–water partition coefficient (Wildman–Crippen LogP) is 0.657. The summed E-state index contributed by atoms with van der Waals surface area (Å²) in [6.45, 7) is 3.95. The lowest BCUT2D eigenvalue weighted by Crippen LogP contribution is -2.56. The second kappa shape index (κ2) is 5.93. The zero-order chi connectivity index (χ0) is 13.8. The number of rotatable bonds is 4. The minimum Gasteiger partial charge on any atom is -0.495 e. The molecule has 0 spiro atoms. The summed E-state index contributed by atoms with van der Waals surface area (Å²) in [6.07, 6.45) is 0.642. The van der Waals surface area contributed by atoms with Crippen molar-refractivity contribution in [1.82, 2.24) is 5.32 Å². The zero-order valence-electron chi connectivity index (χ0n) is 11.5. The number of amides is 1. The van der Waals surface area contributed by atoms with Crippen LogP contribution in [0.4, 0.5) is 5.69 Å². The van der Waals surface area contributed by atoms with E-state index >= 15 is 0 Å². The summed E-state index contributed by atoms with van der Waals surface area (Å²) in [7, 11) is 1.65. The number of methoxy groups -OCH3 is 1. The molecule has 1 atom stereocenters. The van der Waals surface area contributed by atoms with Crippen LogP contribution in [-0.4, -0.2) is 38.7 Å². The molecule has 0 aromatic heterocycles. The lowest BCUT2D eigenvalue weighted by Gasteiger charge is -2.37. The van der Waals surface area contributed by atoms with Crippen molar-refractivity contribution in [2.75, 3.05) is 31.6 Å². The van der Waals surface area contributed by atoms with E-state index in [0.29, 0.717) is 19.5 Å². The average molecular weight is 263 g/mol. The summed E-state index contributed by atoms with van der Waals surface area (Å²) in [5, 5.41) is 2.89. The number of carbonyl (C=O) groups is 1. The Labute approximate surface area is 113 Å². The summed E-state index contributed by atoms with van der Waals surface area (Å²) in [6, 6.07) is 5.79. The van der Waals surface area contributed by atoms with Crippen LogP contribution < -0.4 is 20.7 Å². The van der Waals surface area contributed by atoms with Crippen LogP contribution in [0.1, 0.15) is 12.0 Å². The molecule has 1 fully saturated rings. The lowest BCUT2D eigenvalue weighted by molar-refractivity contribution is -0.123. The Balaban J connectivity index is 2.36. The highest BCUT2D eigenvalue weighted by Gasteiger charge is 2.30. The molecular weight excluding hydrogens is 242 g/mol. The second-order valence-electron chi connectivity index (χ2n) is 4.75. The third kappa shape index (κ3) is 2.81. The maximum Gasteiger partial charge on any atom is 0.242 e. The molecule has 0 bridgehead atoms. The van der Waals surface area contributed by atoms with Crippen molar-refractivity contribution in [2.45, 2.75) is 19.4 Å². The minimum atomic E-state index is -0.213. The van der Waals surface area contributed by atoms with Crippen LogP contribution in [0.3, 0.4) is 0 Å². The fraction of sp³-hybridized carbons (Fsp3) is 0.500. The molecule has 0 saturated carbocycles. The second-order valence-corrected chi connectivity index (χ2v) is 4.75. The van der Waals surface area contributed by atoms with Gasteiger partial charge in [-0.3, -0.25) is 4.79 Å². The number of carbonyl (C=O) groups excluding carboxylic acids is 1. The van der Waals surface area contributed by atoms with Gasteiger partial charge >= 0.3 is 0 Å². The van der Waals surface area contributed by atoms with Crippen molar-refractivity contribution in [1.29, 1.82) is 0 Å². The van der Waals surface area contributed by atoms with E-state index in [4.69, 9.17) is 10.5 Å². The normalized spacial score (nSPS) is 19.2. The highest BCUT2D eigenvalue weighted by atomic mass is 16.5. The number of benzene rings is 1. The Hall–Kier alpha value is -1.75. The van der Waals surface area contributed by atoms with E-state index in [1.165, 1.54) is 0 Å². The summed E-state index contributed by atoms with van der Waals surface area (Å²) in [5.74, 6) is 0.836. The van der Waals surface area contributed by atoms with Crippen LogP contribution in [0.2, 0.25) is 0 Å². The van der Waals surface area contributed by atoms with Crippen molar-refractivity contribution < 1.29 is 9.53 Å². The SMILES string of the molecule is COc1ccc(C)cc1N1CCNC(=O)C1CCN.